The maximum Gasteiger partial charge on any atom is 0.174 e. The summed E-state index contributed by atoms with van der Waals surface area (Å²) < 4.78 is 0. The number of carbonyl (C=O) groups is 1. The van der Waals surface area contributed by atoms with E-state index in [9.17, 15) is 4.79 Å². The first-order valence-corrected chi connectivity index (χ1v) is 8.14. The molecule has 0 unspecified atom stereocenters. The van der Waals surface area contributed by atoms with Crippen molar-refractivity contribution >= 4 is 40.7 Å². The molecule has 0 atom stereocenters. The largest absolute Gasteiger partial charge is 0.293 e. The maximum atomic E-state index is 12.0. The number of hydrogen-bond donors (Lipinski definition) is 0. The number of rotatable bonds is 5. The van der Waals surface area contributed by atoms with Gasteiger partial charge in [-0.1, -0.05) is 36.0 Å². The summed E-state index contributed by atoms with van der Waals surface area (Å²) in [5.74, 6) is 2.46. The molecule has 1 nitrogen and oxygen atoms in total. The highest BCUT2D eigenvalue weighted by Crippen LogP contribution is 2.28. The fraction of sp³-hybridized carbons (Fsp3) is 0.500. The highest BCUT2D eigenvalue weighted by atomic mass is 35.5. The highest BCUT2D eigenvalue weighted by Gasteiger charge is 2.16. The van der Waals surface area contributed by atoms with E-state index in [-0.39, 0.29) is 5.78 Å². The van der Waals surface area contributed by atoms with Gasteiger partial charge in [-0.25, -0.2) is 0 Å². The second-order valence-corrected chi connectivity index (χ2v) is 6.59. The number of thioether (sulfide) groups is 1. The third kappa shape index (κ3) is 3.91. The van der Waals surface area contributed by atoms with Gasteiger partial charge in [0.05, 0.1) is 10.8 Å². The average Bonchev–Trinajstić information content (AvgIpc) is 2.85. The molecule has 1 aliphatic carbocycles. The minimum Gasteiger partial charge on any atom is -0.293 e. The van der Waals surface area contributed by atoms with Gasteiger partial charge in [0.25, 0.3) is 0 Å². The van der Waals surface area contributed by atoms with Gasteiger partial charge in [0.1, 0.15) is 0 Å². The normalized spacial score (nSPS) is 16.1. The molecule has 1 aliphatic rings. The maximum absolute atomic E-state index is 12.0. The van der Waals surface area contributed by atoms with Gasteiger partial charge in [-0.2, -0.15) is 11.8 Å². The third-order valence-electron chi connectivity index (χ3n) is 3.29. The number of benzene rings is 1. The third-order valence-corrected chi connectivity index (χ3v) is 5.03. The van der Waals surface area contributed by atoms with E-state index in [1.165, 1.54) is 25.7 Å². The molecule has 0 saturated heterocycles. The lowest BCUT2D eigenvalue weighted by molar-refractivity contribution is 0.102. The molecule has 98 valence electrons. The molecule has 1 saturated carbocycles. The fourth-order valence-electron chi connectivity index (χ4n) is 2.28. The molecule has 1 aromatic rings. The molecule has 1 aromatic carbocycles. The number of hydrogen-bond acceptors (Lipinski definition) is 2. The molecule has 0 amide bonds. The van der Waals surface area contributed by atoms with E-state index in [1.54, 1.807) is 30.0 Å². The monoisotopic (exact) mass is 302 g/mol. The average molecular weight is 303 g/mol. The van der Waals surface area contributed by atoms with E-state index in [0.29, 0.717) is 21.4 Å². The van der Waals surface area contributed by atoms with Crippen molar-refractivity contribution < 1.29 is 4.79 Å². The van der Waals surface area contributed by atoms with Crippen molar-refractivity contribution in [1.82, 2.24) is 0 Å². The molecule has 0 aliphatic heterocycles. The minimum absolute atomic E-state index is 0.0745. The summed E-state index contributed by atoms with van der Waals surface area (Å²) in [6.07, 6.45) is 5.33. The lowest BCUT2D eigenvalue weighted by Gasteiger charge is -2.08. The molecule has 0 radical (unpaired) electrons. The van der Waals surface area contributed by atoms with Gasteiger partial charge in [-0.05, 0) is 42.7 Å². The first-order chi connectivity index (χ1) is 8.66. The van der Waals surface area contributed by atoms with Crippen molar-refractivity contribution in [1.29, 1.82) is 0 Å². The van der Waals surface area contributed by atoms with Crippen molar-refractivity contribution in [3.05, 3.63) is 33.8 Å². The Morgan fingerprint density at radius 1 is 1.28 bits per heavy atom. The van der Waals surface area contributed by atoms with Gasteiger partial charge in [-0.15, -0.1) is 0 Å². The van der Waals surface area contributed by atoms with Gasteiger partial charge in [0.2, 0.25) is 0 Å². The van der Waals surface area contributed by atoms with Crippen LogP contribution in [0.4, 0.5) is 0 Å². The lowest BCUT2D eigenvalue weighted by Crippen LogP contribution is -2.06. The van der Waals surface area contributed by atoms with Gasteiger partial charge >= 0.3 is 0 Å². The quantitative estimate of drug-likeness (QED) is 0.704. The molecule has 0 aromatic heterocycles. The van der Waals surface area contributed by atoms with Crippen molar-refractivity contribution in [3.63, 3.8) is 0 Å². The predicted molar refractivity (Wildman–Crippen MR) is 80.1 cm³/mol. The predicted octanol–water partition coefficient (Wildman–Crippen LogP) is 5.10. The molecular formula is C14H16Cl2OS. The van der Waals surface area contributed by atoms with Crippen molar-refractivity contribution in [2.24, 2.45) is 5.92 Å². The van der Waals surface area contributed by atoms with Gasteiger partial charge in [0, 0.05) is 10.6 Å². The zero-order valence-corrected chi connectivity index (χ0v) is 12.5. The first kappa shape index (κ1) is 14.2. The summed E-state index contributed by atoms with van der Waals surface area (Å²) >= 11 is 13.6. The molecule has 18 heavy (non-hydrogen) atoms. The number of Topliss-reactive ketones (excluding diaryl/α,β-unsaturated/α-hetero) is 1. The van der Waals surface area contributed by atoms with Crippen LogP contribution in [0, 0.1) is 5.92 Å². The van der Waals surface area contributed by atoms with Crippen LogP contribution in [0.3, 0.4) is 0 Å². The van der Waals surface area contributed by atoms with Crippen LogP contribution in [0.5, 0.6) is 0 Å². The molecule has 0 spiro atoms. The van der Waals surface area contributed by atoms with E-state index in [2.05, 4.69) is 0 Å². The lowest BCUT2D eigenvalue weighted by atomic mass is 10.1. The SMILES string of the molecule is O=C(CSCC1CCCC1)c1cc(Cl)ccc1Cl. The summed E-state index contributed by atoms with van der Waals surface area (Å²) in [6.45, 7) is 0. The van der Waals surface area contributed by atoms with Gasteiger partial charge < -0.3 is 0 Å². The topological polar surface area (TPSA) is 17.1 Å². The number of halogens is 2. The van der Waals surface area contributed by atoms with Crippen LogP contribution in [0.2, 0.25) is 10.0 Å². The van der Waals surface area contributed by atoms with E-state index in [4.69, 9.17) is 23.2 Å². The summed E-state index contributed by atoms with van der Waals surface area (Å²) in [5, 5.41) is 1.05. The summed E-state index contributed by atoms with van der Waals surface area (Å²) in [7, 11) is 0. The second kappa shape index (κ2) is 6.83. The Balaban J connectivity index is 1.85. The molecule has 0 N–H and O–H groups in total. The smallest absolute Gasteiger partial charge is 0.174 e. The Morgan fingerprint density at radius 3 is 2.72 bits per heavy atom. The van der Waals surface area contributed by atoms with E-state index in [1.807, 2.05) is 0 Å². The second-order valence-electron chi connectivity index (χ2n) is 4.71. The molecule has 0 bridgehead atoms. The Labute approximate surface area is 122 Å². The van der Waals surface area contributed by atoms with Crippen LogP contribution in [-0.4, -0.2) is 17.3 Å². The first-order valence-electron chi connectivity index (χ1n) is 6.23. The fourth-order valence-corrected chi connectivity index (χ4v) is 3.80. The zero-order valence-electron chi connectivity index (χ0n) is 10.1. The van der Waals surface area contributed by atoms with Crippen molar-refractivity contribution in [2.75, 3.05) is 11.5 Å². The highest BCUT2D eigenvalue weighted by molar-refractivity contribution is 7.99. The van der Waals surface area contributed by atoms with E-state index < -0.39 is 0 Å². The van der Waals surface area contributed by atoms with Crippen molar-refractivity contribution in [3.8, 4) is 0 Å². The molecule has 1 fully saturated rings. The number of ketones is 1. The van der Waals surface area contributed by atoms with Crippen LogP contribution in [-0.2, 0) is 0 Å². The Morgan fingerprint density at radius 2 is 2.00 bits per heavy atom. The Bertz CT molecular complexity index is 428. The van der Waals surface area contributed by atoms with Gasteiger partial charge in [0.15, 0.2) is 5.78 Å². The van der Waals surface area contributed by atoms with Crippen LogP contribution in [0.15, 0.2) is 18.2 Å². The minimum atomic E-state index is 0.0745. The van der Waals surface area contributed by atoms with Crippen molar-refractivity contribution in [2.45, 2.75) is 25.7 Å². The van der Waals surface area contributed by atoms with E-state index in [0.717, 1.165) is 11.7 Å². The van der Waals surface area contributed by atoms with Crippen LogP contribution < -0.4 is 0 Å². The van der Waals surface area contributed by atoms with Gasteiger partial charge in [-0.3, -0.25) is 4.79 Å². The molecule has 4 heteroatoms. The molecule has 0 heterocycles. The van der Waals surface area contributed by atoms with E-state index >= 15 is 0 Å². The summed E-state index contributed by atoms with van der Waals surface area (Å²) in [6, 6.07) is 5.04. The Hall–Kier alpha value is -0.180. The summed E-state index contributed by atoms with van der Waals surface area (Å²) in [4.78, 5) is 12.0. The summed E-state index contributed by atoms with van der Waals surface area (Å²) in [5.41, 5.74) is 0.545. The number of carbonyl (C=O) groups excluding carboxylic acids is 1. The standard InChI is InChI=1S/C14H16Cl2OS/c15-11-5-6-13(16)12(7-11)14(17)9-18-8-10-3-1-2-4-10/h5-7,10H,1-4,8-9H2. The molecule has 2 rings (SSSR count). The van der Waals surface area contributed by atoms with Crippen LogP contribution in [0.1, 0.15) is 36.0 Å². The van der Waals surface area contributed by atoms with Crippen LogP contribution >= 0.6 is 35.0 Å². The molecular weight excluding hydrogens is 287 g/mol. The zero-order chi connectivity index (χ0) is 13.0. The van der Waals surface area contributed by atoms with Crippen LogP contribution in [0.25, 0.3) is 0 Å². The Kier molecular flexibility index (Phi) is 5.40.